The number of hydrogen-bond donors (Lipinski definition) is 2. The van der Waals surface area contributed by atoms with E-state index in [2.05, 4.69) is 11.9 Å². The Kier molecular flexibility index (Phi) is 7.69. The van der Waals surface area contributed by atoms with Crippen LogP contribution < -0.4 is 11.1 Å². The van der Waals surface area contributed by atoms with E-state index in [1.54, 1.807) is 18.2 Å². The summed E-state index contributed by atoms with van der Waals surface area (Å²) in [6.45, 7) is 4.48. The van der Waals surface area contributed by atoms with Gasteiger partial charge in [-0.2, -0.15) is 0 Å². The average Bonchev–Trinajstić information content (AvgIpc) is 2.49. The first-order valence-electron chi connectivity index (χ1n) is 6.51. The van der Waals surface area contributed by atoms with Crippen molar-refractivity contribution in [3.63, 3.8) is 0 Å². The molecule has 108 valence electrons. The lowest BCUT2D eigenvalue weighted by atomic mass is 10.1. The summed E-state index contributed by atoms with van der Waals surface area (Å²) in [5.74, 6) is 0.498. The highest BCUT2D eigenvalue weighted by molar-refractivity contribution is 8.12. The lowest BCUT2D eigenvalue weighted by Gasteiger charge is -2.05. The molecule has 3 N–H and O–H groups in total. The van der Waals surface area contributed by atoms with Crippen molar-refractivity contribution in [3.05, 3.63) is 48.0 Å². The Balaban J connectivity index is 2.44. The van der Waals surface area contributed by atoms with Crippen LogP contribution in [0.4, 0.5) is 0 Å². The second-order valence-electron chi connectivity index (χ2n) is 4.23. The lowest BCUT2D eigenvalue weighted by Crippen LogP contribution is -2.28. The van der Waals surface area contributed by atoms with E-state index in [1.165, 1.54) is 11.8 Å². The molecule has 0 saturated carbocycles. The van der Waals surface area contributed by atoms with Gasteiger partial charge in [-0.3, -0.25) is 9.59 Å². The first-order chi connectivity index (χ1) is 9.67. The number of nitrogens with one attached hydrogen (secondary N) is 1. The highest BCUT2D eigenvalue weighted by Crippen LogP contribution is 2.16. The highest BCUT2D eigenvalue weighted by atomic mass is 32.2. The zero-order valence-electron chi connectivity index (χ0n) is 11.4. The summed E-state index contributed by atoms with van der Waals surface area (Å²) in [6, 6.07) is 7.25. The first kappa shape index (κ1) is 16.5. The third-order valence-corrected chi connectivity index (χ3v) is 3.60. The largest absolute Gasteiger partial charge is 0.351 e. The van der Waals surface area contributed by atoms with Gasteiger partial charge in [0.15, 0.2) is 5.12 Å². The number of thioether (sulfide) groups is 1. The van der Waals surface area contributed by atoms with Crippen LogP contribution in [0.1, 0.15) is 28.8 Å². The summed E-state index contributed by atoms with van der Waals surface area (Å²) in [5.41, 5.74) is 6.95. The summed E-state index contributed by atoms with van der Waals surface area (Å²) in [7, 11) is 0. The Morgan fingerprint density at radius 3 is 2.60 bits per heavy atom. The molecule has 1 aromatic carbocycles. The normalized spacial score (nSPS) is 10.1. The predicted molar refractivity (Wildman–Crippen MR) is 83.6 cm³/mol. The van der Waals surface area contributed by atoms with Crippen LogP contribution in [0, 0.1) is 0 Å². The number of hydrogen-bond acceptors (Lipinski definition) is 4. The van der Waals surface area contributed by atoms with Crippen LogP contribution in [0.3, 0.4) is 0 Å². The van der Waals surface area contributed by atoms with Gasteiger partial charge in [0.25, 0.3) is 5.91 Å². The van der Waals surface area contributed by atoms with E-state index in [-0.39, 0.29) is 11.0 Å². The van der Waals surface area contributed by atoms with Crippen LogP contribution in [0.15, 0.2) is 36.9 Å². The summed E-state index contributed by atoms with van der Waals surface area (Å²) in [4.78, 5) is 23.2. The van der Waals surface area contributed by atoms with Crippen LogP contribution in [-0.4, -0.2) is 24.1 Å². The molecule has 20 heavy (non-hydrogen) atoms. The zero-order chi connectivity index (χ0) is 14.8. The average molecular weight is 292 g/mol. The van der Waals surface area contributed by atoms with E-state index in [0.717, 1.165) is 5.56 Å². The zero-order valence-corrected chi connectivity index (χ0v) is 12.2. The van der Waals surface area contributed by atoms with Crippen molar-refractivity contribution in [2.24, 2.45) is 5.73 Å². The molecule has 5 heteroatoms. The molecule has 0 atom stereocenters. The molecule has 0 heterocycles. The molecule has 0 saturated heterocycles. The first-order valence-corrected chi connectivity index (χ1v) is 7.49. The fourth-order valence-corrected chi connectivity index (χ4v) is 2.28. The van der Waals surface area contributed by atoms with Crippen molar-refractivity contribution in [2.45, 2.75) is 18.6 Å². The molecule has 0 aliphatic carbocycles. The van der Waals surface area contributed by atoms with Gasteiger partial charge in [0, 0.05) is 30.8 Å². The minimum atomic E-state index is -0.128. The van der Waals surface area contributed by atoms with Crippen molar-refractivity contribution < 1.29 is 9.59 Å². The topological polar surface area (TPSA) is 72.2 Å². The minimum absolute atomic E-state index is 0.128. The van der Waals surface area contributed by atoms with E-state index in [1.807, 2.05) is 12.1 Å². The maximum absolute atomic E-state index is 11.7. The van der Waals surface area contributed by atoms with Gasteiger partial charge in [-0.15, -0.1) is 6.58 Å². The predicted octanol–water partition coefficient (Wildman–Crippen LogP) is 2.10. The molecule has 0 fully saturated rings. The van der Waals surface area contributed by atoms with Crippen molar-refractivity contribution in [1.29, 1.82) is 0 Å². The molecule has 0 aliphatic heterocycles. The Labute approximate surface area is 123 Å². The Bertz CT molecular complexity index is 457. The van der Waals surface area contributed by atoms with Crippen molar-refractivity contribution in [2.75, 3.05) is 13.1 Å². The van der Waals surface area contributed by atoms with Crippen molar-refractivity contribution in [1.82, 2.24) is 5.32 Å². The fraction of sp³-hybridized carbons (Fsp3) is 0.333. The van der Waals surface area contributed by atoms with Crippen molar-refractivity contribution >= 4 is 22.8 Å². The molecule has 0 radical (unpaired) electrons. The van der Waals surface area contributed by atoms with Gasteiger partial charge in [0.1, 0.15) is 0 Å². The number of rotatable bonds is 8. The van der Waals surface area contributed by atoms with Crippen LogP contribution >= 0.6 is 11.8 Å². The third kappa shape index (κ3) is 6.04. The number of carbonyl (C=O) groups excluding carboxylic acids is 2. The van der Waals surface area contributed by atoms with Crippen molar-refractivity contribution in [3.8, 4) is 0 Å². The van der Waals surface area contributed by atoms with Crippen LogP contribution in [0.2, 0.25) is 0 Å². The molecule has 0 aromatic heterocycles. The van der Waals surface area contributed by atoms with Crippen LogP contribution in [-0.2, 0) is 10.5 Å². The fourth-order valence-electron chi connectivity index (χ4n) is 1.50. The molecular formula is C15H20N2O2S. The standard InChI is InChI=1S/C15H20N2O2S/c1-2-3-4-14(18)20-11-12-5-7-13(8-6-12)15(19)17-10-9-16/h2,5-8H,1,3-4,9-11,16H2,(H,17,19). The third-order valence-electron chi connectivity index (χ3n) is 2.60. The van der Waals surface area contributed by atoms with Gasteiger partial charge in [0.05, 0.1) is 0 Å². The maximum atomic E-state index is 11.7. The van der Waals surface area contributed by atoms with Gasteiger partial charge in [-0.25, -0.2) is 0 Å². The molecule has 4 nitrogen and oxygen atoms in total. The number of amides is 1. The van der Waals surface area contributed by atoms with Gasteiger partial charge in [0.2, 0.25) is 0 Å². The monoisotopic (exact) mass is 292 g/mol. The molecule has 1 aromatic rings. The molecule has 0 unspecified atom stereocenters. The number of benzene rings is 1. The van der Waals surface area contributed by atoms with Gasteiger partial charge >= 0.3 is 0 Å². The summed E-state index contributed by atoms with van der Waals surface area (Å²) in [5, 5.41) is 2.87. The lowest BCUT2D eigenvalue weighted by molar-refractivity contribution is -0.110. The second kappa shape index (κ2) is 9.34. The second-order valence-corrected chi connectivity index (χ2v) is 5.26. The minimum Gasteiger partial charge on any atom is -0.351 e. The van der Waals surface area contributed by atoms with Gasteiger partial charge in [-0.05, 0) is 24.1 Å². The van der Waals surface area contributed by atoms with E-state index in [9.17, 15) is 9.59 Å². The summed E-state index contributed by atoms with van der Waals surface area (Å²) >= 11 is 1.29. The van der Waals surface area contributed by atoms with Crippen LogP contribution in [0.25, 0.3) is 0 Å². The Morgan fingerprint density at radius 2 is 2.00 bits per heavy atom. The number of nitrogens with two attached hydrogens (primary N) is 1. The maximum Gasteiger partial charge on any atom is 0.251 e. The molecule has 0 spiro atoms. The smallest absolute Gasteiger partial charge is 0.251 e. The molecule has 1 amide bonds. The summed E-state index contributed by atoms with van der Waals surface area (Å²) < 4.78 is 0. The molecule has 0 aliphatic rings. The quantitative estimate of drug-likeness (QED) is 0.720. The molecular weight excluding hydrogens is 272 g/mol. The van der Waals surface area contributed by atoms with E-state index >= 15 is 0 Å². The Hall–Kier alpha value is -1.59. The number of carbonyl (C=O) groups is 2. The van der Waals surface area contributed by atoms with Gasteiger partial charge in [-0.1, -0.05) is 30.0 Å². The van der Waals surface area contributed by atoms with E-state index < -0.39 is 0 Å². The molecule has 1 rings (SSSR count). The van der Waals surface area contributed by atoms with Gasteiger partial charge < -0.3 is 11.1 Å². The van der Waals surface area contributed by atoms with E-state index in [0.29, 0.717) is 37.2 Å². The van der Waals surface area contributed by atoms with E-state index in [4.69, 9.17) is 5.73 Å². The molecule has 0 bridgehead atoms. The highest BCUT2D eigenvalue weighted by Gasteiger charge is 2.06. The Morgan fingerprint density at radius 1 is 1.30 bits per heavy atom. The van der Waals surface area contributed by atoms with Crippen LogP contribution in [0.5, 0.6) is 0 Å². The summed E-state index contributed by atoms with van der Waals surface area (Å²) in [6.07, 6.45) is 2.98. The SMILES string of the molecule is C=CCCC(=O)SCc1ccc(C(=O)NCCN)cc1. The number of allylic oxidation sites excluding steroid dienone is 1.